The summed E-state index contributed by atoms with van der Waals surface area (Å²) in [6.07, 6.45) is 1.45. The minimum Gasteiger partial charge on any atom is -0.493 e. The molecule has 2 aromatic rings. The molecule has 2 aromatic carbocycles. The van der Waals surface area contributed by atoms with Gasteiger partial charge < -0.3 is 14.8 Å². The van der Waals surface area contributed by atoms with E-state index in [0.29, 0.717) is 43.9 Å². The van der Waals surface area contributed by atoms with Crippen LogP contribution in [0.2, 0.25) is 10.0 Å². The van der Waals surface area contributed by atoms with Crippen molar-refractivity contribution in [1.82, 2.24) is 0 Å². The summed E-state index contributed by atoms with van der Waals surface area (Å²) in [6, 6.07) is 9.96. The van der Waals surface area contributed by atoms with Gasteiger partial charge in [-0.1, -0.05) is 39.1 Å². The zero-order chi connectivity index (χ0) is 20.0. The van der Waals surface area contributed by atoms with Crippen molar-refractivity contribution in [3.05, 3.63) is 56.0 Å². The number of benzene rings is 2. The monoisotopic (exact) mass is 468 g/mol. The summed E-state index contributed by atoms with van der Waals surface area (Å²) >= 11 is 15.2. The molecule has 140 valence electrons. The number of amides is 1. The molecule has 0 saturated heterocycles. The highest BCUT2D eigenvalue weighted by Crippen LogP contribution is 2.34. The first kappa shape index (κ1) is 21.1. The van der Waals surface area contributed by atoms with E-state index in [1.54, 1.807) is 24.3 Å². The summed E-state index contributed by atoms with van der Waals surface area (Å²) in [6.45, 7) is 2.34. The quantitative estimate of drug-likeness (QED) is 0.434. The second-order valence-electron chi connectivity index (χ2n) is 5.21. The second kappa shape index (κ2) is 9.65. The van der Waals surface area contributed by atoms with Crippen molar-refractivity contribution in [1.29, 1.82) is 5.26 Å². The summed E-state index contributed by atoms with van der Waals surface area (Å²) in [5.41, 5.74) is 0.933. The lowest BCUT2D eigenvalue weighted by atomic mass is 10.1. The van der Waals surface area contributed by atoms with Crippen molar-refractivity contribution in [2.45, 2.75) is 6.92 Å². The van der Waals surface area contributed by atoms with E-state index in [-0.39, 0.29) is 5.57 Å². The van der Waals surface area contributed by atoms with Gasteiger partial charge >= 0.3 is 0 Å². The fourth-order valence-electron chi connectivity index (χ4n) is 2.17. The van der Waals surface area contributed by atoms with Crippen molar-refractivity contribution >= 4 is 56.8 Å². The number of carbonyl (C=O) groups excluding carboxylic acids is 1. The van der Waals surface area contributed by atoms with E-state index in [2.05, 4.69) is 21.2 Å². The Labute approximate surface area is 175 Å². The summed E-state index contributed by atoms with van der Waals surface area (Å²) in [4.78, 5) is 12.4. The van der Waals surface area contributed by atoms with Gasteiger partial charge in [0.25, 0.3) is 5.91 Å². The van der Waals surface area contributed by atoms with Crippen LogP contribution in [-0.2, 0) is 4.79 Å². The standard InChI is InChI=1S/C19H15BrCl2N2O3/c1-3-27-18-9-14(20)11(7-17(18)26-2)6-12(10-23)19(25)24-13-4-5-15(21)16(22)8-13/h4-9H,3H2,1-2H3,(H,24,25)/b12-6+. The molecule has 0 fully saturated rings. The molecule has 0 bridgehead atoms. The Morgan fingerprint density at radius 2 is 2.00 bits per heavy atom. The van der Waals surface area contributed by atoms with Gasteiger partial charge in [0.2, 0.25) is 0 Å². The topological polar surface area (TPSA) is 71.3 Å². The SMILES string of the molecule is CCOc1cc(Br)c(/C=C(\C#N)C(=O)Nc2ccc(Cl)c(Cl)c2)cc1OC. The molecule has 2 rings (SSSR count). The summed E-state index contributed by atoms with van der Waals surface area (Å²) in [5.74, 6) is 0.479. The zero-order valence-corrected chi connectivity index (χ0v) is 17.6. The number of anilines is 1. The van der Waals surface area contributed by atoms with Gasteiger partial charge in [0.05, 0.1) is 23.8 Å². The highest BCUT2D eigenvalue weighted by molar-refractivity contribution is 9.10. The molecule has 0 aliphatic carbocycles. The third-order valence-corrected chi connectivity index (χ3v) is 4.85. The van der Waals surface area contributed by atoms with Gasteiger partial charge in [-0.05, 0) is 48.9 Å². The number of nitrogens with zero attached hydrogens (tertiary/aromatic N) is 1. The predicted octanol–water partition coefficient (Wildman–Crippen LogP) is 5.71. The first-order chi connectivity index (χ1) is 12.9. The maximum absolute atomic E-state index is 12.4. The van der Waals surface area contributed by atoms with Crippen molar-refractivity contribution in [2.24, 2.45) is 0 Å². The van der Waals surface area contributed by atoms with Crippen molar-refractivity contribution in [3.63, 3.8) is 0 Å². The number of carbonyl (C=O) groups is 1. The average molecular weight is 470 g/mol. The van der Waals surface area contributed by atoms with Crippen LogP contribution < -0.4 is 14.8 Å². The lowest BCUT2D eigenvalue weighted by molar-refractivity contribution is -0.112. The summed E-state index contributed by atoms with van der Waals surface area (Å²) in [5, 5.41) is 12.7. The molecule has 0 saturated carbocycles. The molecule has 0 spiro atoms. The highest BCUT2D eigenvalue weighted by Gasteiger charge is 2.14. The third kappa shape index (κ3) is 5.39. The second-order valence-corrected chi connectivity index (χ2v) is 6.88. The molecular formula is C19H15BrCl2N2O3. The van der Waals surface area contributed by atoms with E-state index in [4.69, 9.17) is 32.7 Å². The molecule has 0 heterocycles. The Kier molecular flexibility index (Phi) is 7.55. The maximum Gasteiger partial charge on any atom is 0.266 e. The van der Waals surface area contributed by atoms with Gasteiger partial charge in [-0.25, -0.2) is 0 Å². The van der Waals surface area contributed by atoms with Gasteiger partial charge in [0.15, 0.2) is 11.5 Å². The van der Waals surface area contributed by atoms with Crippen LogP contribution in [0.3, 0.4) is 0 Å². The maximum atomic E-state index is 12.4. The molecular weight excluding hydrogens is 455 g/mol. The van der Waals surface area contributed by atoms with Gasteiger partial charge in [-0.3, -0.25) is 4.79 Å². The molecule has 8 heteroatoms. The Bertz CT molecular complexity index is 939. The number of halogens is 3. The fraction of sp³-hybridized carbons (Fsp3) is 0.158. The molecule has 0 aromatic heterocycles. The first-order valence-corrected chi connectivity index (χ1v) is 9.33. The Balaban J connectivity index is 2.33. The number of methoxy groups -OCH3 is 1. The third-order valence-electron chi connectivity index (χ3n) is 3.43. The number of nitriles is 1. The number of nitrogens with one attached hydrogen (secondary N) is 1. The van der Waals surface area contributed by atoms with Gasteiger partial charge in [0.1, 0.15) is 11.6 Å². The number of rotatable bonds is 6. The molecule has 0 radical (unpaired) electrons. The van der Waals surface area contributed by atoms with Crippen LogP contribution >= 0.6 is 39.1 Å². The van der Waals surface area contributed by atoms with E-state index in [9.17, 15) is 10.1 Å². The Hall–Kier alpha value is -2.20. The van der Waals surface area contributed by atoms with Crippen molar-refractivity contribution in [2.75, 3.05) is 19.0 Å². The largest absolute Gasteiger partial charge is 0.493 e. The van der Waals surface area contributed by atoms with Crippen molar-refractivity contribution < 1.29 is 14.3 Å². The molecule has 5 nitrogen and oxygen atoms in total. The molecule has 0 unspecified atom stereocenters. The minimum absolute atomic E-state index is 0.0898. The number of ether oxygens (including phenoxy) is 2. The molecule has 27 heavy (non-hydrogen) atoms. The molecule has 1 N–H and O–H groups in total. The van der Waals surface area contributed by atoms with Crippen LogP contribution in [0.4, 0.5) is 5.69 Å². The molecule has 1 amide bonds. The van der Waals surface area contributed by atoms with Gasteiger partial charge in [0, 0.05) is 10.2 Å². The Morgan fingerprint density at radius 1 is 1.26 bits per heavy atom. The van der Waals surface area contributed by atoms with Gasteiger partial charge in [-0.2, -0.15) is 5.26 Å². The number of hydrogen-bond donors (Lipinski definition) is 1. The van der Waals surface area contributed by atoms with Crippen LogP contribution in [0, 0.1) is 11.3 Å². The minimum atomic E-state index is -0.573. The van der Waals surface area contributed by atoms with Crippen LogP contribution in [0.15, 0.2) is 40.4 Å². The normalized spacial score (nSPS) is 10.9. The Morgan fingerprint density at radius 3 is 2.59 bits per heavy atom. The average Bonchev–Trinajstić information content (AvgIpc) is 2.64. The highest BCUT2D eigenvalue weighted by atomic mass is 79.9. The summed E-state index contributed by atoms with van der Waals surface area (Å²) in [7, 11) is 1.52. The lowest BCUT2D eigenvalue weighted by Crippen LogP contribution is -2.13. The molecule has 0 aliphatic heterocycles. The van der Waals surface area contributed by atoms with E-state index in [1.807, 2.05) is 13.0 Å². The first-order valence-electron chi connectivity index (χ1n) is 7.78. The van der Waals surface area contributed by atoms with Crippen LogP contribution in [-0.4, -0.2) is 19.6 Å². The van der Waals surface area contributed by atoms with E-state index in [1.165, 1.54) is 19.3 Å². The fourth-order valence-corrected chi connectivity index (χ4v) is 2.90. The van der Waals surface area contributed by atoms with Crippen LogP contribution in [0.5, 0.6) is 11.5 Å². The lowest BCUT2D eigenvalue weighted by Gasteiger charge is -2.12. The van der Waals surface area contributed by atoms with Gasteiger partial charge in [-0.15, -0.1) is 0 Å². The van der Waals surface area contributed by atoms with Crippen LogP contribution in [0.25, 0.3) is 6.08 Å². The molecule has 0 aliphatic rings. The zero-order valence-electron chi connectivity index (χ0n) is 14.5. The van der Waals surface area contributed by atoms with Crippen LogP contribution in [0.1, 0.15) is 12.5 Å². The van der Waals surface area contributed by atoms with E-state index in [0.717, 1.165) is 0 Å². The predicted molar refractivity (Wildman–Crippen MR) is 111 cm³/mol. The summed E-state index contributed by atoms with van der Waals surface area (Å²) < 4.78 is 11.5. The number of hydrogen-bond acceptors (Lipinski definition) is 4. The molecule has 0 atom stereocenters. The van der Waals surface area contributed by atoms with E-state index >= 15 is 0 Å². The van der Waals surface area contributed by atoms with Crippen molar-refractivity contribution in [3.8, 4) is 17.6 Å². The van der Waals surface area contributed by atoms with E-state index < -0.39 is 5.91 Å². The smallest absolute Gasteiger partial charge is 0.266 e.